The predicted octanol–water partition coefficient (Wildman–Crippen LogP) is 3.69. The van der Waals surface area contributed by atoms with Crippen LogP contribution in [0.2, 0.25) is 0 Å². The minimum Gasteiger partial charge on any atom is -0.463 e. The minimum atomic E-state index is 0.419. The summed E-state index contributed by atoms with van der Waals surface area (Å²) in [6.45, 7) is 5.09. The van der Waals surface area contributed by atoms with Gasteiger partial charge in [0.2, 0.25) is 5.82 Å². The van der Waals surface area contributed by atoms with Crippen molar-refractivity contribution >= 4 is 0 Å². The number of aromatic nitrogens is 7. The molecule has 0 amide bonds. The zero-order valence-electron chi connectivity index (χ0n) is 17.0. The Bertz CT molecular complexity index is 1110. The predicted molar refractivity (Wildman–Crippen MR) is 114 cm³/mol. The molecule has 30 heavy (non-hydrogen) atoms. The fourth-order valence-corrected chi connectivity index (χ4v) is 3.21. The smallest absolute Gasteiger partial charge is 0.335 e. The average molecular weight is 401 g/mol. The van der Waals surface area contributed by atoms with Gasteiger partial charge in [0.05, 0.1) is 13.2 Å². The second-order valence-corrected chi connectivity index (χ2v) is 6.65. The van der Waals surface area contributed by atoms with Gasteiger partial charge in [-0.25, -0.2) is 4.68 Å². The highest BCUT2D eigenvalue weighted by Crippen LogP contribution is 2.29. The van der Waals surface area contributed by atoms with Crippen molar-refractivity contribution in [1.82, 2.24) is 35.4 Å². The summed E-state index contributed by atoms with van der Waals surface area (Å²) in [5.41, 5.74) is 4.20. The van der Waals surface area contributed by atoms with Crippen LogP contribution in [0.1, 0.15) is 25.2 Å². The van der Waals surface area contributed by atoms with Gasteiger partial charge in [-0.05, 0) is 35.8 Å². The number of H-pyrrole nitrogens is 1. The van der Waals surface area contributed by atoms with E-state index in [1.165, 1.54) is 0 Å². The highest BCUT2D eigenvalue weighted by Gasteiger charge is 2.12. The standard InChI is InChI=1S/C22H23N7O/c1-3-5-10-20-23-22(30-4-2)26-29(20)15-16-11-13-17(14-12-16)18-8-6-7-9-19(18)21-24-27-28-25-21/h3,5-9,11-14H,4,10,15H2,1-2H3,(H,24,25,27,28). The lowest BCUT2D eigenvalue weighted by Crippen LogP contribution is -2.06. The molecular formula is C22H23N7O. The summed E-state index contributed by atoms with van der Waals surface area (Å²) in [6, 6.07) is 16.8. The van der Waals surface area contributed by atoms with Crippen molar-refractivity contribution in [3.05, 3.63) is 72.1 Å². The molecule has 4 aromatic rings. The van der Waals surface area contributed by atoms with Gasteiger partial charge in [0, 0.05) is 12.0 Å². The lowest BCUT2D eigenvalue weighted by molar-refractivity contribution is 0.311. The summed E-state index contributed by atoms with van der Waals surface area (Å²) in [7, 11) is 0. The number of hydrogen-bond acceptors (Lipinski definition) is 6. The summed E-state index contributed by atoms with van der Waals surface area (Å²) in [6.07, 6.45) is 4.79. The van der Waals surface area contributed by atoms with E-state index in [0.717, 1.165) is 28.1 Å². The number of ether oxygens (including phenoxy) is 1. The summed E-state index contributed by atoms with van der Waals surface area (Å²) in [5.74, 6) is 1.46. The number of benzene rings is 2. The normalized spacial score (nSPS) is 11.3. The van der Waals surface area contributed by atoms with Crippen LogP contribution in [-0.2, 0) is 13.0 Å². The highest BCUT2D eigenvalue weighted by atomic mass is 16.5. The Kier molecular flexibility index (Phi) is 5.93. The number of rotatable bonds is 8. The second-order valence-electron chi connectivity index (χ2n) is 6.65. The van der Waals surface area contributed by atoms with Crippen LogP contribution in [0.25, 0.3) is 22.5 Å². The van der Waals surface area contributed by atoms with E-state index >= 15 is 0 Å². The molecule has 8 nitrogen and oxygen atoms in total. The Hall–Kier alpha value is -3.81. The summed E-state index contributed by atoms with van der Waals surface area (Å²) < 4.78 is 7.38. The molecule has 0 aliphatic carbocycles. The van der Waals surface area contributed by atoms with Gasteiger partial charge in [0.15, 0.2) is 0 Å². The van der Waals surface area contributed by atoms with Gasteiger partial charge in [0.25, 0.3) is 0 Å². The number of aromatic amines is 1. The van der Waals surface area contributed by atoms with Crippen LogP contribution in [0.3, 0.4) is 0 Å². The maximum Gasteiger partial charge on any atom is 0.335 e. The van der Waals surface area contributed by atoms with Gasteiger partial charge in [-0.3, -0.25) is 0 Å². The number of allylic oxidation sites excluding steroid dienone is 2. The summed E-state index contributed by atoms with van der Waals surface area (Å²) >= 11 is 0. The monoisotopic (exact) mass is 401 g/mol. The fourth-order valence-electron chi connectivity index (χ4n) is 3.21. The van der Waals surface area contributed by atoms with Crippen LogP contribution in [0.4, 0.5) is 0 Å². The third-order valence-corrected chi connectivity index (χ3v) is 4.65. The first-order chi connectivity index (χ1) is 14.8. The third kappa shape index (κ3) is 4.27. The molecule has 2 aromatic carbocycles. The number of nitrogens with one attached hydrogen (secondary N) is 1. The number of nitrogens with zero attached hydrogens (tertiary/aromatic N) is 6. The van der Waals surface area contributed by atoms with E-state index in [9.17, 15) is 0 Å². The lowest BCUT2D eigenvalue weighted by atomic mass is 9.98. The highest BCUT2D eigenvalue weighted by molar-refractivity contribution is 5.80. The van der Waals surface area contributed by atoms with E-state index in [1.807, 2.05) is 42.8 Å². The molecule has 0 bridgehead atoms. The van der Waals surface area contributed by atoms with Crippen molar-refractivity contribution < 1.29 is 4.74 Å². The van der Waals surface area contributed by atoms with Crippen molar-refractivity contribution in [3.8, 4) is 28.5 Å². The van der Waals surface area contributed by atoms with Gasteiger partial charge >= 0.3 is 6.01 Å². The molecule has 1 N–H and O–H groups in total. The van der Waals surface area contributed by atoms with Gasteiger partial charge in [0.1, 0.15) is 5.82 Å². The molecule has 0 aliphatic rings. The van der Waals surface area contributed by atoms with E-state index in [0.29, 0.717) is 31.4 Å². The SMILES string of the molecule is CC=CCc1nc(OCC)nn1Cc1ccc(-c2ccccc2-c2nn[nH]n2)cc1. The van der Waals surface area contributed by atoms with E-state index in [2.05, 4.69) is 67.1 Å². The number of tetrazole rings is 1. The zero-order chi connectivity index (χ0) is 20.8. The fraction of sp³-hybridized carbons (Fsp3) is 0.227. The van der Waals surface area contributed by atoms with Gasteiger partial charge < -0.3 is 4.74 Å². The zero-order valence-corrected chi connectivity index (χ0v) is 17.0. The summed E-state index contributed by atoms with van der Waals surface area (Å²) in [5, 5.41) is 18.9. The molecule has 2 heterocycles. The lowest BCUT2D eigenvalue weighted by Gasteiger charge is -2.09. The molecule has 0 spiro atoms. The minimum absolute atomic E-state index is 0.419. The van der Waals surface area contributed by atoms with Crippen molar-refractivity contribution in [1.29, 1.82) is 0 Å². The molecular weight excluding hydrogens is 378 g/mol. The molecule has 0 unspecified atom stereocenters. The van der Waals surface area contributed by atoms with Crippen LogP contribution in [-0.4, -0.2) is 42.0 Å². The molecule has 8 heteroatoms. The van der Waals surface area contributed by atoms with E-state index in [-0.39, 0.29) is 0 Å². The Morgan fingerprint density at radius 1 is 1.07 bits per heavy atom. The molecule has 152 valence electrons. The van der Waals surface area contributed by atoms with Crippen LogP contribution in [0.15, 0.2) is 60.7 Å². The van der Waals surface area contributed by atoms with Crippen LogP contribution in [0.5, 0.6) is 6.01 Å². The van der Waals surface area contributed by atoms with E-state index in [4.69, 9.17) is 4.74 Å². The van der Waals surface area contributed by atoms with Crippen LogP contribution in [0, 0.1) is 0 Å². The first-order valence-corrected chi connectivity index (χ1v) is 9.88. The Labute approximate surface area is 174 Å². The van der Waals surface area contributed by atoms with Crippen molar-refractivity contribution in [2.45, 2.75) is 26.8 Å². The van der Waals surface area contributed by atoms with Gasteiger partial charge in [-0.1, -0.05) is 60.7 Å². The molecule has 0 atom stereocenters. The molecule has 0 radical (unpaired) electrons. The van der Waals surface area contributed by atoms with Crippen LogP contribution < -0.4 is 4.74 Å². The Morgan fingerprint density at radius 2 is 1.87 bits per heavy atom. The molecule has 0 saturated carbocycles. The van der Waals surface area contributed by atoms with E-state index < -0.39 is 0 Å². The van der Waals surface area contributed by atoms with Crippen molar-refractivity contribution in [3.63, 3.8) is 0 Å². The molecule has 0 saturated heterocycles. The average Bonchev–Trinajstić information content (AvgIpc) is 3.44. The van der Waals surface area contributed by atoms with E-state index in [1.54, 1.807) is 0 Å². The van der Waals surface area contributed by atoms with Crippen LogP contribution >= 0.6 is 0 Å². The molecule has 4 rings (SSSR count). The molecule has 0 aliphatic heterocycles. The maximum absolute atomic E-state index is 5.48. The van der Waals surface area contributed by atoms with Gasteiger partial charge in [-0.15, -0.1) is 15.3 Å². The first kappa shape index (κ1) is 19.5. The second kappa shape index (κ2) is 9.13. The maximum atomic E-state index is 5.48. The summed E-state index contributed by atoms with van der Waals surface area (Å²) in [4.78, 5) is 4.49. The van der Waals surface area contributed by atoms with Gasteiger partial charge in [-0.2, -0.15) is 10.2 Å². The number of hydrogen-bond donors (Lipinski definition) is 1. The Balaban J connectivity index is 1.59. The van der Waals surface area contributed by atoms with Crippen molar-refractivity contribution in [2.75, 3.05) is 6.61 Å². The first-order valence-electron chi connectivity index (χ1n) is 9.88. The molecule has 2 aromatic heterocycles. The van der Waals surface area contributed by atoms with Crippen molar-refractivity contribution in [2.24, 2.45) is 0 Å². The quantitative estimate of drug-likeness (QED) is 0.453. The largest absolute Gasteiger partial charge is 0.463 e. The topological polar surface area (TPSA) is 94.4 Å². The Morgan fingerprint density at radius 3 is 2.57 bits per heavy atom. The third-order valence-electron chi connectivity index (χ3n) is 4.65. The molecule has 0 fully saturated rings.